The number of piperazine rings is 1. The number of nitrogens with zero attached hydrogens (tertiary/aromatic N) is 1. The number of halogens is 2. The molecule has 1 aromatic carbocycles. The van der Waals surface area contributed by atoms with E-state index in [0.717, 1.165) is 29.7 Å². The number of amides is 1. The molecule has 1 amide bonds. The topological polar surface area (TPSA) is 32.3 Å². The Bertz CT molecular complexity index is 400. The van der Waals surface area contributed by atoms with E-state index in [-0.39, 0.29) is 24.4 Å². The second-order valence-electron chi connectivity index (χ2n) is 4.06. The zero-order valence-electron chi connectivity index (χ0n) is 9.65. The lowest BCUT2D eigenvalue weighted by molar-refractivity contribution is 0.0655. The van der Waals surface area contributed by atoms with Gasteiger partial charge in [-0.1, -0.05) is 22.0 Å². The molecule has 0 unspecified atom stereocenters. The van der Waals surface area contributed by atoms with Gasteiger partial charge in [0.1, 0.15) is 0 Å². The number of benzene rings is 1. The van der Waals surface area contributed by atoms with E-state index >= 15 is 0 Å². The lowest BCUT2D eigenvalue weighted by atomic mass is 10.1. The van der Waals surface area contributed by atoms with Crippen LogP contribution in [-0.4, -0.2) is 36.5 Å². The van der Waals surface area contributed by atoms with Gasteiger partial charge in [0, 0.05) is 35.7 Å². The molecule has 0 aromatic heterocycles. The quantitative estimate of drug-likeness (QED) is 0.861. The van der Waals surface area contributed by atoms with Gasteiger partial charge in [-0.2, -0.15) is 0 Å². The summed E-state index contributed by atoms with van der Waals surface area (Å²) in [5.41, 5.74) is 0.753. The predicted molar refractivity (Wildman–Crippen MR) is 74.8 cm³/mol. The summed E-state index contributed by atoms with van der Waals surface area (Å²) in [7, 11) is 0. The van der Waals surface area contributed by atoms with Crippen LogP contribution in [0.25, 0.3) is 0 Å². The minimum atomic E-state index is 0. The Balaban J connectivity index is 0.00000144. The molecule has 1 fully saturated rings. The number of hydrogen-bond acceptors (Lipinski definition) is 2. The maximum Gasteiger partial charge on any atom is 0.254 e. The molecule has 1 atom stereocenters. The van der Waals surface area contributed by atoms with Crippen molar-refractivity contribution in [2.45, 2.75) is 13.0 Å². The highest BCUT2D eigenvalue weighted by Crippen LogP contribution is 2.15. The van der Waals surface area contributed by atoms with Crippen LogP contribution in [-0.2, 0) is 0 Å². The van der Waals surface area contributed by atoms with Crippen molar-refractivity contribution in [3.05, 3.63) is 34.3 Å². The number of carbonyl (C=O) groups excluding carboxylic acids is 1. The molecule has 1 N–H and O–H groups in total. The molecule has 1 aliphatic heterocycles. The van der Waals surface area contributed by atoms with E-state index in [2.05, 4.69) is 28.2 Å². The second-order valence-corrected chi connectivity index (χ2v) is 4.98. The summed E-state index contributed by atoms with van der Waals surface area (Å²) in [5, 5.41) is 3.28. The molecular weight excluding hydrogens is 304 g/mol. The Hall–Kier alpha value is -0.580. The lowest BCUT2D eigenvalue weighted by Gasteiger charge is -2.34. The van der Waals surface area contributed by atoms with E-state index in [1.54, 1.807) is 0 Å². The molecule has 1 heterocycles. The Morgan fingerprint density at radius 3 is 2.94 bits per heavy atom. The summed E-state index contributed by atoms with van der Waals surface area (Å²) < 4.78 is 0.945. The number of carbonyl (C=O) groups is 1. The van der Waals surface area contributed by atoms with E-state index in [4.69, 9.17) is 0 Å². The van der Waals surface area contributed by atoms with Crippen molar-refractivity contribution in [3.63, 3.8) is 0 Å². The first kappa shape index (κ1) is 14.5. The standard InChI is InChI=1S/C12H15BrN2O.ClH/c1-9-8-14-5-6-15(9)12(16)10-3-2-4-11(13)7-10;/h2-4,7,9,14H,5-6,8H2,1H3;1H/t9-;/m0./s1. The smallest absolute Gasteiger partial charge is 0.254 e. The Labute approximate surface area is 116 Å². The molecule has 1 aliphatic rings. The van der Waals surface area contributed by atoms with Crippen LogP contribution in [0.15, 0.2) is 28.7 Å². The lowest BCUT2D eigenvalue weighted by Crippen LogP contribution is -2.52. The molecule has 0 bridgehead atoms. The number of nitrogens with one attached hydrogen (secondary N) is 1. The molecule has 5 heteroatoms. The minimum absolute atomic E-state index is 0. The Kier molecular flexibility index (Phi) is 5.43. The van der Waals surface area contributed by atoms with Gasteiger partial charge in [0.05, 0.1) is 0 Å². The summed E-state index contributed by atoms with van der Waals surface area (Å²) in [6, 6.07) is 7.82. The van der Waals surface area contributed by atoms with Crippen molar-refractivity contribution in [2.24, 2.45) is 0 Å². The van der Waals surface area contributed by atoms with Gasteiger partial charge in [-0.05, 0) is 25.1 Å². The third kappa shape index (κ3) is 3.44. The van der Waals surface area contributed by atoms with Crippen molar-refractivity contribution in [1.82, 2.24) is 10.2 Å². The van der Waals surface area contributed by atoms with E-state index in [1.165, 1.54) is 0 Å². The van der Waals surface area contributed by atoms with Crippen LogP contribution in [0, 0.1) is 0 Å². The van der Waals surface area contributed by atoms with Gasteiger partial charge < -0.3 is 10.2 Å². The zero-order valence-corrected chi connectivity index (χ0v) is 12.1. The fraction of sp³-hybridized carbons (Fsp3) is 0.417. The molecular formula is C12H16BrClN2O. The first-order valence-electron chi connectivity index (χ1n) is 5.46. The highest BCUT2D eigenvalue weighted by molar-refractivity contribution is 9.10. The van der Waals surface area contributed by atoms with Crippen LogP contribution in [0.3, 0.4) is 0 Å². The fourth-order valence-corrected chi connectivity index (χ4v) is 2.33. The molecule has 1 saturated heterocycles. The van der Waals surface area contributed by atoms with Gasteiger partial charge in [0.15, 0.2) is 0 Å². The van der Waals surface area contributed by atoms with Gasteiger partial charge in [0.25, 0.3) is 5.91 Å². The van der Waals surface area contributed by atoms with Crippen LogP contribution in [0.2, 0.25) is 0 Å². The van der Waals surface area contributed by atoms with Crippen molar-refractivity contribution < 1.29 is 4.79 Å². The maximum atomic E-state index is 12.2. The van der Waals surface area contributed by atoms with Gasteiger partial charge in [-0.3, -0.25) is 4.79 Å². The van der Waals surface area contributed by atoms with E-state index in [1.807, 2.05) is 29.2 Å². The first-order chi connectivity index (χ1) is 7.68. The summed E-state index contributed by atoms with van der Waals surface area (Å²) in [6.45, 7) is 4.61. The third-order valence-electron chi connectivity index (χ3n) is 2.83. The van der Waals surface area contributed by atoms with E-state index in [0.29, 0.717) is 0 Å². The summed E-state index contributed by atoms with van der Waals surface area (Å²) >= 11 is 3.39. The third-order valence-corrected chi connectivity index (χ3v) is 3.33. The average molecular weight is 320 g/mol. The fourth-order valence-electron chi connectivity index (χ4n) is 1.93. The van der Waals surface area contributed by atoms with Crippen molar-refractivity contribution in [3.8, 4) is 0 Å². The van der Waals surface area contributed by atoms with Crippen LogP contribution < -0.4 is 5.32 Å². The molecule has 1 aromatic rings. The SMILES string of the molecule is C[C@H]1CNCCN1C(=O)c1cccc(Br)c1.Cl. The summed E-state index contributed by atoms with van der Waals surface area (Å²) in [5.74, 6) is 0.121. The van der Waals surface area contributed by atoms with Crippen LogP contribution in [0.4, 0.5) is 0 Å². The second kappa shape index (κ2) is 6.38. The summed E-state index contributed by atoms with van der Waals surface area (Å²) in [4.78, 5) is 14.2. The van der Waals surface area contributed by atoms with Crippen LogP contribution in [0.1, 0.15) is 17.3 Å². The maximum absolute atomic E-state index is 12.2. The Morgan fingerprint density at radius 1 is 1.53 bits per heavy atom. The van der Waals surface area contributed by atoms with Crippen LogP contribution in [0.5, 0.6) is 0 Å². The normalized spacial score (nSPS) is 19.6. The summed E-state index contributed by atoms with van der Waals surface area (Å²) in [6.07, 6.45) is 0. The van der Waals surface area contributed by atoms with Crippen molar-refractivity contribution >= 4 is 34.2 Å². The van der Waals surface area contributed by atoms with Gasteiger partial charge >= 0.3 is 0 Å². The predicted octanol–water partition coefficient (Wildman–Crippen LogP) is 2.30. The zero-order chi connectivity index (χ0) is 11.5. The van der Waals surface area contributed by atoms with Crippen LogP contribution >= 0.6 is 28.3 Å². The van der Waals surface area contributed by atoms with Gasteiger partial charge in [-0.15, -0.1) is 12.4 Å². The molecule has 0 spiro atoms. The molecule has 0 radical (unpaired) electrons. The largest absolute Gasteiger partial charge is 0.333 e. The van der Waals surface area contributed by atoms with Gasteiger partial charge in [-0.25, -0.2) is 0 Å². The highest BCUT2D eigenvalue weighted by atomic mass is 79.9. The number of hydrogen-bond donors (Lipinski definition) is 1. The molecule has 0 saturated carbocycles. The van der Waals surface area contributed by atoms with E-state index < -0.39 is 0 Å². The van der Waals surface area contributed by atoms with Crippen molar-refractivity contribution in [2.75, 3.05) is 19.6 Å². The monoisotopic (exact) mass is 318 g/mol. The van der Waals surface area contributed by atoms with E-state index in [9.17, 15) is 4.79 Å². The molecule has 0 aliphatic carbocycles. The minimum Gasteiger partial charge on any atom is -0.333 e. The molecule has 2 rings (SSSR count). The van der Waals surface area contributed by atoms with Crippen molar-refractivity contribution in [1.29, 1.82) is 0 Å². The average Bonchev–Trinajstić information content (AvgIpc) is 2.29. The number of rotatable bonds is 1. The Morgan fingerprint density at radius 2 is 2.29 bits per heavy atom. The van der Waals surface area contributed by atoms with Gasteiger partial charge in [0.2, 0.25) is 0 Å². The molecule has 94 valence electrons. The first-order valence-corrected chi connectivity index (χ1v) is 6.25. The highest BCUT2D eigenvalue weighted by Gasteiger charge is 2.23. The molecule has 17 heavy (non-hydrogen) atoms. The molecule has 3 nitrogen and oxygen atoms in total.